The van der Waals surface area contributed by atoms with Gasteiger partial charge in [-0.2, -0.15) is 0 Å². The molecule has 0 amide bonds. The summed E-state index contributed by atoms with van der Waals surface area (Å²) in [6.07, 6.45) is 2.83. The lowest BCUT2D eigenvalue weighted by Gasteiger charge is -2.15. The summed E-state index contributed by atoms with van der Waals surface area (Å²) in [5, 5.41) is 13.4. The van der Waals surface area contributed by atoms with Crippen LogP contribution in [-0.4, -0.2) is 17.7 Å². The number of phenolic OH excluding ortho intramolecular Hbond substituents is 1. The standard InChI is InChI=1S/C12H15ClFNO/c1-7-9(5-8-3-2-4-15-8)12(16)11(14)6-10(7)13/h6,8,15-16H,2-5H2,1H3. The lowest BCUT2D eigenvalue weighted by Crippen LogP contribution is -2.24. The highest BCUT2D eigenvalue weighted by atomic mass is 35.5. The quantitative estimate of drug-likeness (QED) is 0.837. The van der Waals surface area contributed by atoms with Gasteiger partial charge in [-0.05, 0) is 44.4 Å². The molecule has 1 fully saturated rings. The van der Waals surface area contributed by atoms with Crippen molar-refractivity contribution >= 4 is 11.6 Å². The van der Waals surface area contributed by atoms with E-state index in [1.54, 1.807) is 0 Å². The molecule has 4 heteroatoms. The van der Waals surface area contributed by atoms with Crippen LogP contribution in [0.15, 0.2) is 6.07 Å². The summed E-state index contributed by atoms with van der Waals surface area (Å²) in [4.78, 5) is 0. The van der Waals surface area contributed by atoms with Crippen molar-refractivity contribution in [1.29, 1.82) is 0 Å². The Hall–Kier alpha value is -0.800. The molecule has 0 saturated carbocycles. The molecule has 0 aliphatic carbocycles. The summed E-state index contributed by atoms with van der Waals surface area (Å²) >= 11 is 5.91. The smallest absolute Gasteiger partial charge is 0.166 e. The van der Waals surface area contributed by atoms with Crippen LogP contribution < -0.4 is 5.32 Å². The minimum atomic E-state index is -0.636. The van der Waals surface area contributed by atoms with E-state index in [0.29, 0.717) is 23.0 Å². The molecule has 2 rings (SSSR count). The molecular formula is C12H15ClFNO. The van der Waals surface area contributed by atoms with Crippen LogP contribution in [0.3, 0.4) is 0 Å². The Labute approximate surface area is 99.4 Å². The Morgan fingerprint density at radius 3 is 3.00 bits per heavy atom. The van der Waals surface area contributed by atoms with Gasteiger partial charge in [0.15, 0.2) is 11.6 Å². The van der Waals surface area contributed by atoms with Crippen molar-refractivity contribution in [3.8, 4) is 5.75 Å². The highest BCUT2D eigenvalue weighted by molar-refractivity contribution is 6.31. The third-order valence-corrected chi connectivity index (χ3v) is 3.58. The maximum atomic E-state index is 13.3. The van der Waals surface area contributed by atoms with Crippen LogP contribution in [-0.2, 0) is 6.42 Å². The molecule has 0 aromatic heterocycles. The van der Waals surface area contributed by atoms with E-state index in [1.165, 1.54) is 0 Å². The number of rotatable bonds is 2. The number of phenols is 1. The minimum Gasteiger partial charge on any atom is -0.505 e. The van der Waals surface area contributed by atoms with E-state index in [-0.39, 0.29) is 5.75 Å². The minimum absolute atomic E-state index is 0.254. The van der Waals surface area contributed by atoms with Crippen LogP contribution >= 0.6 is 11.6 Å². The van der Waals surface area contributed by atoms with E-state index in [2.05, 4.69) is 5.32 Å². The fourth-order valence-electron chi connectivity index (χ4n) is 2.18. The van der Waals surface area contributed by atoms with Gasteiger partial charge >= 0.3 is 0 Å². The highest BCUT2D eigenvalue weighted by Crippen LogP contribution is 2.32. The first-order valence-corrected chi connectivity index (χ1v) is 5.87. The van der Waals surface area contributed by atoms with Gasteiger partial charge in [-0.3, -0.25) is 0 Å². The average Bonchev–Trinajstić information content (AvgIpc) is 2.74. The number of nitrogens with one attached hydrogen (secondary N) is 1. The van der Waals surface area contributed by atoms with Crippen LogP contribution in [0.25, 0.3) is 0 Å². The van der Waals surface area contributed by atoms with Gasteiger partial charge < -0.3 is 10.4 Å². The molecule has 1 unspecified atom stereocenters. The summed E-state index contributed by atoms with van der Waals surface area (Å²) < 4.78 is 13.3. The second-order valence-electron chi connectivity index (χ2n) is 4.29. The predicted molar refractivity (Wildman–Crippen MR) is 62.5 cm³/mol. The lowest BCUT2D eigenvalue weighted by molar-refractivity contribution is 0.421. The second-order valence-corrected chi connectivity index (χ2v) is 4.70. The molecule has 0 radical (unpaired) electrons. The van der Waals surface area contributed by atoms with Crippen LogP contribution in [0, 0.1) is 12.7 Å². The van der Waals surface area contributed by atoms with Crippen molar-refractivity contribution < 1.29 is 9.50 Å². The average molecular weight is 244 g/mol. The predicted octanol–water partition coefficient (Wildman–Crippen LogP) is 2.79. The van der Waals surface area contributed by atoms with E-state index in [1.807, 2.05) is 6.92 Å². The van der Waals surface area contributed by atoms with Gasteiger partial charge in [0.2, 0.25) is 0 Å². The Kier molecular flexibility index (Phi) is 3.36. The molecule has 0 spiro atoms. The van der Waals surface area contributed by atoms with Gasteiger partial charge in [-0.15, -0.1) is 0 Å². The molecule has 88 valence electrons. The van der Waals surface area contributed by atoms with Crippen molar-refractivity contribution in [2.75, 3.05) is 6.54 Å². The normalized spacial score (nSPS) is 20.3. The number of hydrogen-bond donors (Lipinski definition) is 2. The maximum absolute atomic E-state index is 13.3. The summed E-state index contributed by atoms with van der Waals surface area (Å²) in [7, 11) is 0. The molecule has 2 nitrogen and oxygen atoms in total. The summed E-state index contributed by atoms with van der Waals surface area (Å²) in [5.41, 5.74) is 1.40. The third kappa shape index (κ3) is 2.15. The van der Waals surface area contributed by atoms with Gasteiger partial charge in [-0.1, -0.05) is 11.6 Å². The third-order valence-electron chi connectivity index (χ3n) is 3.19. The zero-order chi connectivity index (χ0) is 11.7. The zero-order valence-electron chi connectivity index (χ0n) is 9.19. The Morgan fingerprint density at radius 1 is 1.62 bits per heavy atom. The molecule has 1 aromatic rings. The fourth-order valence-corrected chi connectivity index (χ4v) is 2.39. The number of halogens is 2. The van der Waals surface area contributed by atoms with E-state index >= 15 is 0 Å². The van der Waals surface area contributed by atoms with Crippen molar-refractivity contribution in [3.05, 3.63) is 28.0 Å². The van der Waals surface area contributed by atoms with Crippen molar-refractivity contribution in [2.45, 2.75) is 32.2 Å². The van der Waals surface area contributed by atoms with E-state index in [9.17, 15) is 9.50 Å². The van der Waals surface area contributed by atoms with E-state index in [0.717, 1.165) is 31.0 Å². The van der Waals surface area contributed by atoms with Gasteiger partial charge in [0.05, 0.1) is 0 Å². The van der Waals surface area contributed by atoms with E-state index in [4.69, 9.17) is 11.6 Å². The zero-order valence-corrected chi connectivity index (χ0v) is 9.94. The molecule has 1 aliphatic heterocycles. The molecule has 0 bridgehead atoms. The SMILES string of the molecule is Cc1c(Cl)cc(F)c(O)c1CC1CCCN1. The Morgan fingerprint density at radius 2 is 2.38 bits per heavy atom. The maximum Gasteiger partial charge on any atom is 0.166 e. The molecule has 1 aromatic carbocycles. The van der Waals surface area contributed by atoms with Crippen LogP contribution in [0.5, 0.6) is 5.75 Å². The monoisotopic (exact) mass is 243 g/mol. The molecule has 1 aliphatic rings. The Balaban J connectivity index is 2.31. The van der Waals surface area contributed by atoms with Gasteiger partial charge in [0.1, 0.15) is 0 Å². The number of benzene rings is 1. The molecule has 1 saturated heterocycles. The lowest BCUT2D eigenvalue weighted by atomic mass is 9.99. The summed E-state index contributed by atoms with van der Waals surface area (Å²) in [6.45, 7) is 2.80. The van der Waals surface area contributed by atoms with Crippen LogP contribution in [0.1, 0.15) is 24.0 Å². The molecule has 16 heavy (non-hydrogen) atoms. The molecule has 1 atom stereocenters. The number of aromatic hydroxyl groups is 1. The van der Waals surface area contributed by atoms with Gasteiger partial charge in [0, 0.05) is 16.6 Å². The largest absolute Gasteiger partial charge is 0.505 e. The topological polar surface area (TPSA) is 32.3 Å². The van der Waals surface area contributed by atoms with Crippen molar-refractivity contribution in [3.63, 3.8) is 0 Å². The Bertz CT molecular complexity index is 376. The van der Waals surface area contributed by atoms with Crippen LogP contribution in [0.2, 0.25) is 5.02 Å². The van der Waals surface area contributed by atoms with Gasteiger partial charge in [-0.25, -0.2) is 4.39 Å². The van der Waals surface area contributed by atoms with Crippen molar-refractivity contribution in [2.24, 2.45) is 0 Å². The van der Waals surface area contributed by atoms with Crippen LogP contribution in [0.4, 0.5) is 4.39 Å². The molecular weight excluding hydrogens is 229 g/mol. The number of hydrogen-bond acceptors (Lipinski definition) is 2. The summed E-state index contributed by atoms with van der Waals surface area (Å²) in [6, 6.07) is 1.49. The first kappa shape index (κ1) is 11.7. The van der Waals surface area contributed by atoms with E-state index < -0.39 is 5.82 Å². The molecule has 2 N–H and O–H groups in total. The first-order chi connectivity index (χ1) is 7.59. The molecule has 1 heterocycles. The fraction of sp³-hybridized carbons (Fsp3) is 0.500. The van der Waals surface area contributed by atoms with Gasteiger partial charge in [0.25, 0.3) is 0 Å². The second kappa shape index (κ2) is 4.60. The van der Waals surface area contributed by atoms with Crippen molar-refractivity contribution in [1.82, 2.24) is 5.32 Å². The highest BCUT2D eigenvalue weighted by Gasteiger charge is 2.20. The summed E-state index contributed by atoms with van der Waals surface area (Å²) in [5.74, 6) is -0.890. The first-order valence-electron chi connectivity index (χ1n) is 5.49.